The van der Waals surface area contributed by atoms with Crippen LogP contribution in [0.2, 0.25) is 0 Å². The summed E-state index contributed by atoms with van der Waals surface area (Å²) in [7, 11) is 1.42. The second kappa shape index (κ2) is 8.60. The quantitative estimate of drug-likeness (QED) is 0.517. The molecule has 2 rings (SSSR count). The fraction of sp³-hybridized carbons (Fsp3) is 0.278. The van der Waals surface area contributed by atoms with E-state index in [0.717, 1.165) is 5.56 Å². The molecule has 0 N–H and O–H groups in total. The predicted molar refractivity (Wildman–Crippen MR) is 98.6 cm³/mol. The van der Waals surface area contributed by atoms with Crippen molar-refractivity contribution in [3.8, 4) is 5.75 Å². The molecule has 2 aromatic rings. The number of rotatable bonds is 6. The molecule has 25 heavy (non-hydrogen) atoms. The highest BCUT2D eigenvalue weighted by Gasteiger charge is 2.28. The highest BCUT2D eigenvalue weighted by atomic mass is 79.9. The Morgan fingerprint density at radius 3 is 2.48 bits per heavy atom. The van der Waals surface area contributed by atoms with Crippen LogP contribution in [0.1, 0.15) is 39.2 Å². The maximum Gasteiger partial charge on any atom is 0.342 e. The number of carbonyl (C=O) groups is 1. The molecule has 134 valence electrons. The molecule has 0 saturated carbocycles. The van der Waals surface area contributed by atoms with Crippen molar-refractivity contribution in [3.05, 3.63) is 63.1 Å². The van der Waals surface area contributed by atoms with Crippen LogP contribution < -0.4 is 4.74 Å². The molecule has 0 aliphatic heterocycles. The molecule has 0 fully saturated rings. The summed E-state index contributed by atoms with van der Waals surface area (Å²) in [6, 6.07) is 10.4. The second-order valence-electron chi connectivity index (χ2n) is 5.26. The van der Waals surface area contributed by atoms with E-state index in [9.17, 15) is 13.6 Å². The van der Waals surface area contributed by atoms with Crippen LogP contribution in [0.4, 0.5) is 0 Å². The van der Waals surface area contributed by atoms with E-state index in [1.807, 2.05) is 19.1 Å². The minimum absolute atomic E-state index is 0.108. The normalized spacial score (nSPS) is 13.2. The van der Waals surface area contributed by atoms with Gasteiger partial charge in [0, 0.05) is 0 Å². The Balaban J connectivity index is 2.76. The number of halogens is 1. The van der Waals surface area contributed by atoms with Crippen LogP contribution in [0.25, 0.3) is 0 Å². The lowest BCUT2D eigenvalue weighted by molar-refractivity contribution is 0.0521. The highest BCUT2D eigenvalue weighted by Crippen LogP contribution is 2.39. The summed E-state index contributed by atoms with van der Waals surface area (Å²) in [4.78, 5) is 12.5. The molecule has 5 nitrogen and oxygen atoms in total. The number of methoxy groups -OCH3 is 1. The standard InChI is InChI=1S/C18H19BrO5S/c1-4-24-18(20)15-13(9-10-14(19)16(15)23-3)17(25(21)22)12-8-6-5-7-11(12)2/h5-10,17H,4H2,1-3H3,(H,21,22)/p-1. The van der Waals surface area contributed by atoms with E-state index in [0.29, 0.717) is 15.6 Å². The second-order valence-corrected chi connectivity index (χ2v) is 7.11. The van der Waals surface area contributed by atoms with Crippen LogP contribution in [-0.2, 0) is 15.8 Å². The van der Waals surface area contributed by atoms with Crippen molar-refractivity contribution in [3.63, 3.8) is 0 Å². The highest BCUT2D eigenvalue weighted by molar-refractivity contribution is 9.10. The molecule has 0 amide bonds. The van der Waals surface area contributed by atoms with E-state index in [1.54, 1.807) is 31.2 Å². The Kier molecular flexibility index (Phi) is 6.75. The molecule has 0 bridgehead atoms. The molecular formula is C18H18BrO5S-. The summed E-state index contributed by atoms with van der Waals surface area (Å²) in [5.74, 6) is -0.375. The zero-order chi connectivity index (χ0) is 18.6. The molecule has 2 aromatic carbocycles. The number of esters is 1. The molecule has 0 saturated heterocycles. The number of carbonyl (C=O) groups excluding carboxylic acids is 1. The van der Waals surface area contributed by atoms with Gasteiger partial charge in [0.05, 0.1) is 23.4 Å². The van der Waals surface area contributed by atoms with E-state index in [4.69, 9.17) is 9.47 Å². The lowest BCUT2D eigenvalue weighted by atomic mass is 9.95. The molecular weight excluding hydrogens is 408 g/mol. The van der Waals surface area contributed by atoms with Crippen molar-refractivity contribution in [2.45, 2.75) is 19.1 Å². The average Bonchev–Trinajstić information content (AvgIpc) is 2.57. The van der Waals surface area contributed by atoms with Gasteiger partial charge in [0.2, 0.25) is 0 Å². The first-order valence-electron chi connectivity index (χ1n) is 7.59. The van der Waals surface area contributed by atoms with Crippen molar-refractivity contribution >= 4 is 33.0 Å². The van der Waals surface area contributed by atoms with Crippen molar-refractivity contribution < 1.29 is 23.0 Å². The summed E-state index contributed by atoms with van der Waals surface area (Å²) in [5, 5.41) is -1.01. The van der Waals surface area contributed by atoms with Gasteiger partial charge in [0.25, 0.3) is 0 Å². The van der Waals surface area contributed by atoms with Gasteiger partial charge in [-0.2, -0.15) is 0 Å². The maximum atomic E-state index is 12.5. The van der Waals surface area contributed by atoms with E-state index >= 15 is 0 Å². The number of benzene rings is 2. The van der Waals surface area contributed by atoms with Gasteiger partial charge in [-0.05, 0) is 63.6 Å². The lowest BCUT2D eigenvalue weighted by Gasteiger charge is -2.25. The van der Waals surface area contributed by atoms with Crippen LogP contribution in [-0.4, -0.2) is 28.4 Å². The smallest absolute Gasteiger partial charge is 0.342 e. The Morgan fingerprint density at radius 1 is 1.24 bits per heavy atom. The third kappa shape index (κ3) is 4.11. The summed E-state index contributed by atoms with van der Waals surface area (Å²) >= 11 is 0.839. The van der Waals surface area contributed by atoms with Crippen LogP contribution in [0.5, 0.6) is 5.75 Å². The minimum Gasteiger partial charge on any atom is -0.772 e. The van der Waals surface area contributed by atoms with Gasteiger partial charge < -0.3 is 14.0 Å². The zero-order valence-electron chi connectivity index (χ0n) is 14.1. The van der Waals surface area contributed by atoms with Crippen molar-refractivity contribution in [2.24, 2.45) is 0 Å². The summed E-state index contributed by atoms with van der Waals surface area (Å²) in [6.07, 6.45) is 0. The summed E-state index contributed by atoms with van der Waals surface area (Å²) in [6.45, 7) is 3.69. The number of aryl methyl sites for hydroxylation is 1. The van der Waals surface area contributed by atoms with Crippen LogP contribution in [0.15, 0.2) is 40.9 Å². The average molecular weight is 426 g/mol. The van der Waals surface area contributed by atoms with Gasteiger partial charge in [-0.3, -0.25) is 4.21 Å². The topological polar surface area (TPSA) is 75.7 Å². The van der Waals surface area contributed by atoms with Crippen molar-refractivity contribution in [2.75, 3.05) is 13.7 Å². The third-order valence-corrected chi connectivity index (χ3v) is 5.29. The first kappa shape index (κ1) is 19.6. The molecule has 2 unspecified atom stereocenters. The Hall–Kier alpha value is -1.70. The van der Waals surface area contributed by atoms with Crippen LogP contribution in [0, 0.1) is 6.92 Å². The number of hydrogen-bond acceptors (Lipinski definition) is 5. The Labute approximate surface area is 157 Å². The van der Waals surface area contributed by atoms with Gasteiger partial charge in [-0.25, -0.2) is 4.79 Å². The molecule has 7 heteroatoms. The fourth-order valence-electron chi connectivity index (χ4n) is 2.66. The minimum atomic E-state index is -2.49. The molecule has 0 heterocycles. The molecule has 0 radical (unpaired) electrons. The van der Waals surface area contributed by atoms with Gasteiger partial charge in [-0.1, -0.05) is 30.3 Å². The molecule has 0 aliphatic carbocycles. The predicted octanol–water partition coefficient (Wildman–Crippen LogP) is 3.91. The molecule has 0 spiro atoms. The lowest BCUT2D eigenvalue weighted by Crippen LogP contribution is -2.17. The monoisotopic (exact) mass is 425 g/mol. The van der Waals surface area contributed by atoms with E-state index in [-0.39, 0.29) is 17.9 Å². The summed E-state index contributed by atoms with van der Waals surface area (Å²) < 4.78 is 35.1. The Morgan fingerprint density at radius 2 is 1.92 bits per heavy atom. The van der Waals surface area contributed by atoms with Gasteiger partial charge >= 0.3 is 5.97 Å². The molecule has 2 atom stereocenters. The fourth-order valence-corrected chi connectivity index (χ4v) is 4.03. The Bertz CT molecular complexity index is 806. The molecule has 0 aliphatic rings. The van der Waals surface area contributed by atoms with Crippen molar-refractivity contribution in [1.82, 2.24) is 0 Å². The van der Waals surface area contributed by atoms with Crippen LogP contribution in [0.3, 0.4) is 0 Å². The number of ether oxygens (including phenoxy) is 2. The summed E-state index contributed by atoms with van der Waals surface area (Å²) in [5.41, 5.74) is 1.84. The van der Waals surface area contributed by atoms with Crippen LogP contribution >= 0.6 is 15.9 Å². The van der Waals surface area contributed by atoms with E-state index in [1.165, 1.54) is 7.11 Å². The first-order valence-corrected chi connectivity index (χ1v) is 9.52. The third-order valence-electron chi connectivity index (χ3n) is 3.77. The number of hydrogen-bond donors (Lipinski definition) is 0. The van der Waals surface area contributed by atoms with Gasteiger partial charge in [-0.15, -0.1) is 0 Å². The van der Waals surface area contributed by atoms with Crippen molar-refractivity contribution in [1.29, 1.82) is 0 Å². The van der Waals surface area contributed by atoms with Gasteiger partial charge in [0.15, 0.2) is 0 Å². The molecule has 0 aromatic heterocycles. The van der Waals surface area contributed by atoms with E-state index in [2.05, 4.69) is 15.9 Å². The SMILES string of the molecule is CCOC(=O)c1c(C(c2ccccc2C)S(=O)[O-])ccc(Br)c1OC. The zero-order valence-corrected chi connectivity index (χ0v) is 16.5. The maximum absolute atomic E-state index is 12.5. The largest absolute Gasteiger partial charge is 0.772 e. The van der Waals surface area contributed by atoms with Gasteiger partial charge in [0.1, 0.15) is 11.3 Å². The van der Waals surface area contributed by atoms with E-state index < -0.39 is 22.3 Å². The first-order chi connectivity index (χ1) is 11.9.